The fraction of sp³-hybridized carbons (Fsp3) is 0.500. The second kappa shape index (κ2) is 4.69. The number of carboxylic acids is 1. The first-order valence-corrected chi connectivity index (χ1v) is 5.60. The van der Waals surface area contributed by atoms with E-state index in [1.807, 2.05) is 6.08 Å². The van der Waals surface area contributed by atoms with Crippen LogP contribution < -0.4 is 0 Å². The summed E-state index contributed by atoms with van der Waals surface area (Å²) in [6.07, 6.45) is 7.43. The van der Waals surface area contributed by atoms with Crippen LogP contribution in [-0.4, -0.2) is 11.1 Å². The fourth-order valence-electron chi connectivity index (χ4n) is 2.23. The summed E-state index contributed by atoms with van der Waals surface area (Å²) in [5, 5.41) is 8.60. The summed E-state index contributed by atoms with van der Waals surface area (Å²) in [5.41, 5.74) is 2.27. The zero-order valence-electron chi connectivity index (χ0n) is 10.3. The number of aliphatic carboxylic acids is 1. The summed E-state index contributed by atoms with van der Waals surface area (Å²) in [6, 6.07) is 0. The Kier molecular flexibility index (Phi) is 3.74. The lowest BCUT2D eigenvalue weighted by Gasteiger charge is -2.24. The van der Waals surface area contributed by atoms with Crippen LogP contribution >= 0.6 is 0 Å². The molecule has 0 heterocycles. The molecule has 0 radical (unpaired) electrons. The summed E-state index contributed by atoms with van der Waals surface area (Å²) in [5.74, 6) is -0.531. The molecular formula is C14H20O2. The molecule has 0 aliphatic heterocycles. The van der Waals surface area contributed by atoms with Gasteiger partial charge in [-0.3, -0.25) is 0 Å². The Labute approximate surface area is 97.4 Å². The van der Waals surface area contributed by atoms with E-state index < -0.39 is 5.97 Å². The van der Waals surface area contributed by atoms with E-state index in [1.54, 1.807) is 6.92 Å². The number of hydrogen-bond acceptors (Lipinski definition) is 1. The molecule has 1 unspecified atom stereocenters. The van der Waals surface area contributed by atoms with Crippen molar-refractivity contribution in [2.24, 2.45) is 11.3 Å². The molecule has 16 heavy (non-hydrogen) atoms. The average Bonchev–Trinajstić information content (AvgIpc) is 2.37. The summed E-state index contributed by atoms with van der Waals surface area (Å²) >= 11 is 0. The van der Waals surface area contributed by atoms with Crippen molar-refractivity contribution in [2.75, 3.05) is 0 Å². The third-order valence-corrected chi connectivity index (χ3v) is 3.27. The van der Waals surface area contributed by atoms with Gasteiger partial charge in [0.2, 0.25) is 0 Å². The highest BCUT2D eigenvalue weighted by Gasteiger charge is 2.35. The molecule has 2 nitrogen and oxygen atoms in total. The zero-order valence-corrected chi connectivity index (χ0v) is 10.3. The van der Waals surface area contributed by atoms with Crippen molar-refractivity contribution in [3.05, 3.63) is 36.0 Å². The van der Waals surface area contributed by atoms with Crippen molar-refractivity contribution in [2.45, 2.75) is 33.6 Å². The van der Waals surface area contributed by atoms with Gasteiger partial charge in [0.1, 0.15) is 0 Å². The van der Waals surface area contributed by atoms with Crippen LogP contribution in [0, 0.1) is 11.3 Å². The Morgan fingerprint density at radius 2 is 2.19 bits per heavy atom. The van der Waals surface area contributed by atoms with Gasteiger partial charge >= 0.3 is 5.97 Å². The van der Waals surface area contributed by atoms with Crippen LogP contribution in [0.15, 0.2) is 36.0 Å². The number of carbonyl (C=O) groups is 1. The molecule has 0 aromatic rings. The molecule has 88 valence electrons. The van der Waals surface area contributed by atoms with Crippen LogP contribution in [0.3, 0.4) is 0 Å². The highest BCUT2D eigenvalue weighted by Crippen LogP contribution is 2.46. The SMILES string of the molecule is C=C1CCC(C)(C)C1/C=C/C(C)=C/C(=O)O. The molecule has 0 bridgehead atoms. The predicted octanol–water partition coefficient (Wildman–Crippen LogP) is 3.57. The minimum absolute atomic E-state index is 0.247. The standard InChI is InChI=1S/C14H20O2/c1-10(9-13(15)16)5-6-12-11(2)7-8-14(12,3)4/h5-6,9,12H,2,7-8H2,1,3-4H3,(H,15,16)/b6-5+,10-9+. The Morgan fingerprint density at radius 3 is 2.62 bits per heavy atom. The molecule has 1 aliphatic rings. The number of carboxylic acid groups (broad SMARTS) is 1. The van der Waals surface area contributed by atoms with Crippen LogP contribution in [0.25, 0.3) is 0 Å². The van der Waals surface area contributed by atoms with E-state index >= 15 is 0 Å². The second-order valence-corrected chi connectivity index (χ2v) is 5.21. The van der Waals surface area contributed by atoms with E-state index in [0.29, 0.717) is 5.92 Å². The van der Waals surface area contributed by atoms with Gasteiger partial charge in [-0.1, -0.05) is 38.2 Å². The Morgan fingerprint density at radius 1 is 1.56 bits per heavy atom. The van der Waals surface area contributed by atoms with Crippen molar-refractivity contribution in [1.82, 2.24) is 0 Å². The maximum Gasteiger partial charge on any atom is 0.328 e. The maximum atomic E-state index is 10.5. The second-order valence-electron chi connectivity index (χ2n) is 5.21. The van der Waals surface area contributed by atoms with E-state index in [2.05, 4.69) is 26.5 Å². The third kappa shape index (κ3) is 3.09. The van der Waals surface area contributed by atoms with Gasteiger partial charge in [-0.15, -0.1) is 0 Å². The highest BCUT2D eigenvalue weighted by molar-refractivity contribution is 5.81. The van der Waals surface area contributed by atoms with Crippen LogP contribution in [0.5, 0.6) is 0 Å². The third-order valence-electron chi connectivity index (χ3n) is 3.27. The molecule has 1 atom stereocenters. The van der Waals surface area contributed by atoms with Gasteiger partial charge in [-0.05, 0) is 30.8 Å². The van der Waals surface area contributed by atoms with E-state index in [1.165, 1.54) is 11.6 Å². The molecule has 1 N–H and O–H groups in total. The van der Waals surface area contributed by atoms with Crippen molar-refractivity contribution >= 4 is 5.97 Å². The normalized spacial score (nSPS) is 25.3. The molecule has 0 spiro atoms. The monoisotopic (exact) mass is 220 g/mol. The molecule has 0 saturated heterocycles. The van der Waals surface area contributed by atoms with Gasteiger partial charge < -0.3 is 5.11 Å². The lowest BCUT2D eigenvalue weighted by Crippen LogP contribution is -2.15. The minimum Gasteiger partial charge on any atom is -0.478 e. The predicted molar refractivity (Wildman–Crippen MR) is 66.2 cm³/mol. The smallest absolute Gasteiger partial charge is 0.328 e. The Bertz CT molecular complexity index is 359. The van der Waals surface area contributed by atoms with Crippen LogP contribution in [-0.2, 0) is 4.79 Å². The van der Waals surface area contributed by atoms with Crippen LogP contribution in [0.4, 0.5) is 0 Å². The minimum atomic E-state index is -0.897. The summed E-state index contributed by atoms with van der Waals surface area (Å²) < 4.78 is 0. The Hall–Kier alpha value is -1.31. The van der Waals surface area contributed by atoms with E-state index in [4.69, 9.17) is 5.11 Å². The zero-order chi connectivity index (χ0) is 12.3. The maximum absolute atomic E-state index is 10.5. The first kappa shape index (κ1) is 12.8. The molecule has 0 aromatic carbocycles. The first-order valence-electron chi connectivity index (χ1n) is 5.60. The van der Waals surface area contributed by atoms with Gasteiger partial charge in [-0.25, -0.2) is 4.79 Å². The summed E-state index contributed by atoms with van der Waals surface area (Å²) in [4.78, 5) is 10.5. The summed E-state index contributed by atoms with van der Waals surface area (Å²) in [7, 11) is 0. The van der Waals surface area contributed by atoms with Crippen molar-refractivity contribution in [3.63, 3.8) is 0 Å². The van der Waals surface area contributed by atoms with Crippen molar-refractivity contribution < 1.29 is 9.90 Å². The van der Waals surface area contributed by atoms with Crippen LogP contribution in [0.1, 0.15) is 33.6 Å². The van der Waals surface area contributed by atoms with E-state index in [9.17, 15) is 4.79 Å². The molecule has 0 aromatic heterocycles. The van der Waals surface area contributed by atoms with Crippen molar-refractivity contribution in [1.29, 1.82) is 0 Å². The van der Waals surface area contributed by atoms with E-state index in [0.717, 1.165) is 18.4 Å². The van der Waals surface area contributed by atoms with Crippen molar-refractivity contribution in [3.8, 4) is 0 Å². The molecule has 0 amide bonds. The topological polar surface area (TPSA) is 37.3 Å². The van der Waals surface area contributed by atoms with E-state index in [-0.39, 0.29) is 5.41 Å². The number of allylic oxidation sites excluding steroid dienone is 4. The summed E-state index contributed by atoms with van der Waals surface area (Å²) in [6.45, 7) is 10.3. The molecular weight excluding hydrogens is 200 g/mol. The van der Waals surface area contributed by atoms with Gasteiger partial charge in [0.15, 0.2) is 0 Å². The first-order chi connectivity index (χ1) is 7.33. The van der Waals surface area contributed by atoms with Gasteiger partial charge in [0, 0.05) is 12.0 Å². The fourth-order valence-corrected chi connectivity index (χ4v) is 2.23. The van der Waals surface area contributed by atoms with Gasteiger partial charge in [0.25, 0.3) is 0 Å². The molecule has 2 heteroatoms. The molecule has 1 fully saturated rings. The Balaban J connectivity index is 2.77. The molecule has 1 rings (SSSR count). The van der Waals surface area contributed by atoms with Crippen LogP contribution in [0.2, 0.25) is 0 Å². The molecule has 1 saturated carbocycles. The number of rotatable bonds is 3. The average molecular weight is 220 g/mol. The largest absolute Gasteiger partial charge is 0.478 e. The lowest BCUT2D eigenvalue weighted by atomic mass is 9.80. The van der Waals surface area contributed by atoms with Gasteiger partial charge in [-0.2, -0.15) is 0 Å². The number of hydrogen-bond donors (Lipinski definition) is 1. The quantitative estimate of drug-likeness (QED) is 0.448. The molecule has 1 aliphatic carbocycles. The lowest BCUT2D eigenvalue weighted by molar-refractivity contribution is -0.131. The van der Waals surface area contributed by atoms with Gasteiger partial charge in [0.05, 0.1) is 0 Å². The highest BCUT2D eigenvalue weighted by atomic mass is 16.4.